The summed E-state index contributed by atoms with van der Waals surface area (Å²) < 4.78 is 19.2. The van der Waals surface area contributed by atoms with Crippen LogP contribution in [0.2, 0.25) is 5.02 Å². The van der Waals surface area contributed by atoms with Gasteiger partial charge in [-0.05, 0) is 42.8 Å². The van der Waals surface area contributed by atoms with Gasteiger partial charge in [-0.3, -0.25) is 9.59 Å². The number of aryl methyl sites for hydroxylation is 1. The fourth-order valence-corrected chi connectivity index (χ4v) is 2.91. The lowest BCUT2D eigenvalue weighted by Crippen LogP contribution is -2.28. The van der Waals surface area contributed by atoms with Crippen LogP contribution in [0.3, 0.4) is 0 Å². The van der Waals surface area contributed by atoms with Crippen LogP contribution in [-0.2, 0) is 9.59 Å². The van der Waals surface area contributed by atoms with Gasteiger partial charge in [0.25, 0.3) is 0 Å². The first-order chi connectivity index (χ1) is 11.5. The zero-order valence-corrected chi connectivity index (χ0v) is 13.7. The van der Waals surface area contributed by atoms with E-state index in [1.807, 2.05) is 0 Å². The van der Waals surface area contributed by atoms with Crippen LogP contribution in [0, 0.1) is 18.7 Å². The molecule has 3 rings (SSSR count). The van der Waals surface area contributed by atoms with E-state index < -0.39 is 17.7 Å². The van der Waals surface area contributed by atoms with Crippen LogP contribution in [0.5, 0.6) is 5.75 Å². The fraction of sp³-hybridized carbons (Fsp3) is 0.222. The summed E-state index contributed by atoms with van der Waals surface area (Å²) in [4.78, 5) is 25.8. The number of halogens is 2. The number of carbonyl (C=O) groups excluding carboxylic acids is 2. The van der Waals surface area contributed by atoms with E-state index in [2.05, 4.69) is 0 Å². The highest BCUT2D eigenvalue weighted by Crippen LogP contribution is 2.29. The van der Waals surface area contributed by atoms with Gasteiger partial charge in [0, 0.05) is 18.0 Å². The molecule has 0 spiro atoms. The Morgan fingerprint density at radius 3 is 2.75 bits per heavy atom. The summed E-state index contributed by atoms with van der Waals surface area (Å²) in [6.07, 6.45) is -0.000193. The minimum atomic E-state index is -0.632. The van der Waals surface area contributed by atoms with Gasteiger partial charge in [0.1, 0.15) is 11.6 Å². The second-order valence-electron chi connectivity index (χ2n) is 5.69. The van der Waals surface area contributed by atoms with Crippen LogP contribution in [0.4, 0.5) is 10.1 Å². The number of benzene rings is 2. The largest absolute Gasteiger partial charge is 0.426 e. The molecule has 1 aliphatic heterocycles. The second-order valence-corrected chi connectivity index (χ2v) is 6.12. The monoisotopic (exact) mass is 347 g/mol. The molecule has 124 valence electrons. The molecule has 2 aromatic carbocycles. The number of ether oxygens (including phenoxy) is 1. The molecule has 1 heterocycles. The quantitative estimate of drug-likeness (QED) is 0.627. The van der Waals surface area contributed by atoms with Gasteiger partial charge in [-0.15, -0.1) is 0 Å². The van der Waals surface area contributed by atoms with E-state index in [0.29, 0.717) is 10.8 Å². The number of amides is 1. The van der Waals surface area contributed by atoms with Crippen LogP contribution in [0.1, 0.15) is 12.0 Å². The minimum absolute atomic E-state index is 0.000193. The third kappa shape index (κ3) is 3.26. The van der Waals surface area contributed by atoms with Crippen molar-refractivity contribution in [3.05, 3.63) is 58.9 Å². The first-order valence-electron chi connectivity index (χ1n) is 7.48. The van der Waals surface area contributed by atoms with Crippen LogP contribution in [0.25, 0.3) is 0 Å². The van der Waals surface area contributed by atoms with Gasteiger partial charge in [-0.2, -0.15) is 0 Å². The molecule has 1 fully saturated rings. The van der Waals surface area contributed by atoms with Crippen molar-refractivity contribution < 1.29 is 18.7 Å². The number of nitrogens with zero attached hydrogens (tertiary/aromatic N) is 1. The Balaban J connectivity index is 1.73. The zero-order valence-electron chi connectivity index (χ0n) is 13.0. The number of carbonyl (C=O) groups is 2. The third-order valence-electron chi connectivity index (χ3n) is 3.95. The molecule has 1 unspecified atom stereocenters. The molecule has 1 atom stereocenters. The number of esters is 1. The third-order valence-corrected chi connectivity index (χ3v) is 4.18. The highest BCUT2D eigenvalue weighted by molar-refractivity contribution is 6.30. The van der Waals surface area contributed by atoms with Gasteiger partial charge >= 0.3 is 5.97 Å². The lowest BCUT2D eigenvalue weighted by molar-refractivity contribution is -0.139. The minimum Gasteiger partial charge on any atom is -0.426 e. The summed E-state index contributed by atoms with van der Waals surface area (Å²) in [6.45, 7) is 1.88. The SMILES string of the molecule is Cc1cc(Cl)ccc1OC(=O)C1CC(=O)N(c2ccccc2F)C1. The molecule has 24 heavy (non-hydrogen) atoms. The number of hydrogen-bond donors (Lipinski definition) is 0. The van der Waals surface area contributed by atoms with Crippen molar-refractivity contribution in [2.45, 2.75) is 13.3 Å². The molecule has 1 amide bonds. The summed E-state index contributed by atoms with van der Waals surface area (Å²) in [7, 11) is 0. The van der Waals surface area contributed by atoms with Crippen molar-refractivity contribution in [2.75, 3.05) is 11.4 Å². The Bertz CT molecular complexity index is 809. The van der Waals surface area contributed by atoms with Gasteiger partial charge in [-0.1, -0.05) is 23.7 Å². The first kappa shape index (κ1) is 16.5. The molecule has 0 saturated carbocycles. The Morgan fingerprint density at radius 1 is 1.29 bits per heavy atom. The molecule has 1 aliphatic rings. The molecule has 1 saturated heterocycles. The van der Waals surface area contributed by atoms with Crippen LogP contribution < -0.4 is 9.64 Å². The smallest absolute Gasteiger partial charge is 0.316 e. The lowest BCUT2D eigenvalue weighted by atomic mass is 10.1. The number of hydrogen-bond acceptors (Lipinski definition) is 3. The van der Waals surface area contributed by atoms with Crippen LogP contribution in [-0.4, -0.2) is 18.4 Å². The average molecular weight is 348 g/mol. The fourth-order valence-electron chi connectivity index (χ4n) is 2.69. The van der Waals surface area contributed by atoms with Crippen LogP contribution in [0.15, 0.2) is 42.5 Å². The Morgan fingerprint density at radius 2 is 2.04 bits per heavy atom. The second kappa shape index (κ2) is 6.61. The van der Waals surface area contributed by atoms with Crippen molar-refractivity contribution in [3.8, 4) is 5.75 Å². The maximum Gasteiger partial charge on any atom is 0.316 e. The van der Waals surface area contributed by atoms with Crippen molar-refractivity contribution >= 4 is 29.2 Å². The van der Waals surface area contributed by atoms with Crippen LogP contribution >= 0.6 is 11.6 Å². The molecular formula is C18H15ClFNO3. The van der Waals surface area contributed by atoms with E-state index in [9.17, 15) is 14.0 Å². The number of anilines is 1. The maximum absolute atomic E-state index is 13.9. The van der Waals surface area contributed by atoms with Crippen molar-refractivity contribution in [1.29, 1.82) is 0 Å². The molecule has 0 radical (unpaired) electrons. The van der Waals surface area contributed by atoms with Crippen molar-refractivity contribution in [2.24, 2.45) is 5.92 Å². The Hall–Kier alpha value is -2.40. The predicted octanol–water partition coefficient (Wildman–Crippen LogP) is 3.75. The summed E-state index contributed by atoms with van der Waals surface area (Å²) >= 11 is 5.87. The van der Waals surface area contributed by atoms with Gasteiger partial charge < -0.3 is 9.64 Å². The average Bonchev–Trinajstić information content (AvgIpc) is 2.92. The van der Waals surface area contributed by atoms with E-state index in [0.717, 1.165) is 5.56 Å². The molecule has 4 nitrogen and oxygen atoms in total. The van der Waals surface area contributed by atoms with E-state index in [4.69, 9.17) is 16.3 Å². The lowest BCUT2D eigenvalue weighted by Gasteiger charge is -2.17. The van der Waals surface area contributed by atoms with Gasteiger partial charge in [0.05, 0.1) is 11.6 Å². The molecular weight excluding hydrogens is 333 g/mol. The van der Waals surface area contributed by atoms with Crippen molar-refractivity contribution in [1.82, 2.24) is 0 Å². The molecule has 0 N–H and O–H groups in total. The zero-order chi connectivity index (χ0) is 17.3. The first-order valence-corrected chi connectivity index (χ1v) is 7.86. The number of para-hydroxylation sites is 1. The Kier molecular flexibility index (Phi) is 4.53. The standard InChI is InChI=1S/C18H15ClFNO3/c1-11-8-13(19)6-7-16(11)24-18(23)12-9-17(22)21(10-12)15-5-3-2-4-14(15)20/h2-8,12H,9-10H2,1H3. The Labute approximate surface area is 143 Å². The highest BCUT2D eigenvalue weighted by Gasteiger charge is 2.37. The molecule has 0 bridgehead atoms. The highest BCUT2D eigenvalue weighted by atomic mass is 35.5. The summed E-state index contributed by atoms with van der Waals surface area (Å²) in [5.74, 6) is -1.52. The van der Waals surface area contributed by atoms with E-state index >= 15 is 0 Å². The summed E-state index contributed by atoms with van der Waals surface area (Å²) in [5.41, 5.74) is 0.909. The summed E-state index contributed by atoms with van der Waals surface area (Å²) in [6, 6.07) is 10.9. The number of rotatable bonds is 3. The normalized spacial score (nSPS) is 17.2. The van der Waals surface area contributed by atoms with E-state index in [-0.39, 0.29) is 24.6 Å². The van der Waals surface area contributed by atoms with E-state index in [1.165, 1.54) is 17.0 Å². The maximum atomic E-state index is 13.9. The van der Waals surface area contributed by atoms with Gasteiger partial charge in [0.2, 0.25) is 5.91 Å². The predicted molar refractivity (Wildman–Crippen MR) is 88.7 cm³/mol. The van der Waals surface area contributed by atoms with E-state index in [1.54, 1.807) is 37.3 Å². The van der Waals surface area contributed by atoms with Gasteiger partial charge in [0.15, 0.2) is 0 Å². The molecule has 2 aromatic rings. The molecule has 0 aliphatic carbocycles. The topological polar surface area (TPSA) is 46.6 Å². The van der Waals surface area contributed by atoms with Gasteiger partial charge in [-0.25, -0.2) is 4.39 Å². The molecule has 6 heteroatoms. The molecule has 0 aromatic heterocycles. The summed E-state index contributed by atoms with van der Waals surface area (Å²) in [5, 5.41) is 0.550. The van der Waals surface area contributed by atoms with Crippen molar-refractivity contribution in [3.63, 3.8) is 0 Å².